The fourth-order valence-electron chi connectivity index (χ4n) is 8.88. The van der Waals surface area contributed by atoms with Crippen LogP contribution in [0.4, 0.5) is 0 Å². The Morgan fingerprint density at radius 2 is 1.11 bits per heavy atom. The molecule has 65 heavy (non-hydrogen) atoms. The third kappa shape index (κ3) is 8.01. The predicted molar refractivity (Wildman–Crippen MR) is 269 cm³/mol. The summed E-state index contributed by atoms with van der Waals surface area (Å²) >= 11 is 0. The molecule has 10 rings (SSSR count). The van der Waals surface area contributed by atoms with Crippen molar-refractivity contribution in [2.45, 2.75) is 78.6 Å². The monoisotopic (exact) mass is 848 g/mol. The van der Waals surface area contributed by atoms with E-state index in [1.807, 2.05) is 12.3 Å². The molecule has 0 saturated carbocycles. The minimum Gasteiger partial charge on any atom is -0.458 e. The molecule has 5 nitrogen and oxygen atoms in total. The molecule has 0 fully saturated rings. The van der Waals surface area contributed by atoms with Gasteiger partial charge in [0.2, 0.25) is 0 Å². The number of aromatic nitrogens is 4. The number of benzene rings is 7. The van der Waals surface area contributed by atoms with Gasteiger partial charge in [0.1, 0.15) is 17.3 Å². The van der Waals surface area contributed by atoms with Crippen molar-refractivity contribution in [3.63, 3.8) is 0 Å². The summed E-state index contributed by atoms with van der Waals surface area (Å²) < 4.78 is 13.4. The van der Waals surface area contributed by atoms with E-state index in [0.717, 1.165) is 67.1 Å². The van der Waals surface area contributed by atoms with E-state index in [4.69, 9.17) is 9.72 Å². The molecule has 0 unspecified atom stereocenters. The molecule has 3 aromatic heterocycles. The van der Waals surface area contributed by atoms with Crippen molar-refractivity contribution in [2.75, 3.05) is 0 Å². The van der Waals surface area contributed by atoms with E-state index >= 15 is 0 Å². The largest absolute Gasteiger partial charge is 0.458 e. The zero-order valence-corrected chi connectivity index (χ0v) is 38.9. The zero-order valence-electron chi connectivity index (χ0n) is 38.9. The van der Waals surface area contributed by atoms with Crippen molar-refractivity contribution in [3.05, 3.63) is 199 Å². The van der Waals surface area contributed by atoms with Crippen LogP contribution in [-0.2, 0) is 16.2 Å². The summed E-state index contributed by atoms with van der Waals surface area (Å²) in [5, 5.41) is 2.29. The van der Waals surface area contributed by atoms with Gasteiger partial charge in [-0.2, -0.15) is 0 Å². The number of hydrogen-bond acceptors (Lipinski definition) is 2. The molecule has 3 heterocycles. The first-order valence-electron chi connectivity index (χ1n) is 22.7. The second-order valence-corrected chi connectivity index (χ2v) is 20.5. The quantitative estimate of drug-likeness (QED) is 0.118. The topological polar surface area (TPSA) is 35.9 Å². The van der Waals surface area contributed by atoms with Crippen LogP contribution in [0.3, 0.4) is 0 Å². The lowest BCUT2D eigenvalue weighted by molar-refractivity contribution is -0.572. The average molecular weight is 849 g/mol. The van der Waals surface area contributed by atoms with E-state index in [1.54, 1.807) is 0 Å². The van der Waals surface area contributed by atoms with Gasteiger partial charge < -0.3 is 4.74 Å². The van der Waals surface area contributed by atoms with Gasteiger partial charge >= 0.3 is 0 Å². The van der Waals surface area contributed by atoms with Crippen molar-refractivity contribution in [2.24, 2.45) is 0 Å². The first kappa shape index (κ1) is 41.8. The molecule has 10 aromatic rings. The molecule has 0 aliphatic carbocycles. The number of ether oxygens (including phenoxy) is 1. The molecule has 0 bridgehead atoms. The van der Waals surface area contributed by atoms with Gasteiger partial charge in [0.25, 0.3) is 6.33 Å². The Morgan fingerprint density at radius 3 is 1.85 bits per heavy atom. The molecular weight excluding hydrogens is 793 g/mol. The standard InChI is InChI=1S/C60H56N4O/c1-58(2,3)44-29-30-61-57(36-44)64-53-28-25-43(42-20-15-19-41(31-42)40-17-11-10-12-18-40)32-52(53)51-27-26-50(38-56(51)64)65-49-22-16-21-47(37-49)62-39-63(55-24-14-13-23-54(55)62)48-34-45(59(4,5)6)33-46(35-48)60(7,8)9/h10-38H,1-9H3. The molecule has 0 saturated heterocycles. The van der Waals surface area contributed by atoms with Crippen molar-refractivity contribution >= 4 is 32.8 Å². The van der Waals surface area contributed by atoms with Crippen LogP contribution in [-0.4, -0.2) is 14.1 Å². The van der Waals surface area contributed by atoms with Gasteiger partial charge in [-0.3, -0.25) is 13.7 Å². The fourth-order valence-corrected chi connectivity index (χ4v) is 8.88. The summed E-state index contributed by atoms with van der Waals surface area (Å²) in [4.78, 5) is 4.98. The highest BCUT2D eigenvalue weighted by Gasteiger charge is 2.23. The van der Waals surface area contributed by atoms with Gasteiger partial charge in [-0.05, 0) is 128 Å². The minimum absolute atomic E-state index is 0.0106. The molecule has 0 radical (unpaired) electrons. The predicted octanol–water partition coefficient (Wildman–Crippen LogP) is 15.2. The van der Waals surface area contributed by atoms with Gasteiger partial charge in [0.05, 0.1) is 33.4 Å². The third-order valence-electron chi connectivity index (χ3n) is 12.7. The number of rotatable bonds is 7. The first-order valence-corrected chi connectivity index (χ1v) is 22.7. The van der Waals surface area contributed by atoms with Crippen LogP contribution in [0.1, 0.15) is 79.0 Å². The van der Waals surface area contributed by atoms with Crippen molar-refractivity contribution in [3.8, 4) is 50.9 Å². The molecule has 0 atom stereocenters. The molecule has 5 heteroatoms. The molecule has 0 spiro atoms. The average Bonchev–Trinajstić information content (AvgIpc) is 3.84. The number of fused-ring (bicyclic) bond motifs is 4. The number of imidazole rings is 1. The maximum atomic E-state index is 6.80. The summed E-state index contributed by atoms with van der Waals surface area (Å²) in [7, 11) is 0. The molecule has 322 valence electrons. The van der Waals surface area contributed by atoms with E-state index in [-0.39, 0.29) is 16.2 Å². The molecule has 7 aromatic carbocycles. The highest BCUT2D eigenvalue weighted by atomic mass is 16.5. The van der Waals surface area contributed by atoms with E-state index in [1.165, 1.54) is 33.4 Å². The van der Waals surface area contributed by atoms with Crippen LogP contribution in [0.15, 0.2) is 176 Å². The highest BCUT2D eigenvalue weighted by Crippen LogP contribution is 2.39. The SMILES string of the molecule is CC(C)(C)c1cc(-[n+]2[c-]n(-c3cccc(Oc4ccc5c6cc(-c7cccc(-c8ccccc8)c7)ccc6n(-c6cc(C(C)(C)C)ccn6)c5c4)c3)c3ccccc32)cc(C(C)(C)C)c1. The smallest absolute Gasteiger partial charge is 0.269 e. The summed E-state index contributed by atoms with van der Waals surface area (Å²) in [6, 6.07) is 60.8. The van der Waals surface area contributed by atoms with Gasteiger partial charge in [-0.1, -0.05) is 153 Å². The Morgan fingerprint density at radius 1 is 0.462 bits per heavy atom. The molecule has 0 aliphatic rings. The summed E-state index contributed by atoms with van der Waals surface area (Å²) in [5.74, 6) is 2.35. The zero-order chi connectivity index (χ0) is 45.3. The highest BCUT2D eigenvalue weighted by molar-refractivity contribution is 6.10. The summed E-state index contributed by atoms with van der Waals surface area (Å²) in [6.07, 6.45) is 5.68. The Labute approximate surface area is 383 Å². The lowest BCUT2D eigenvalue weighted by atomic mass is 9.80. The molecule has 0 aliphatic heterocycles. The second kappa shape index (κ2) is 15.8. The summed E-state index contributed by atoms with van der Waals surface area (Å²) in [5.41, 5.74) is 14.8. The van der Waals surface area contributed by atoms with Gasteiger partial charge in [0, 0.05) is 23.0 Å². The fraction of sp³-hybridized carbons (Fsp3) is 0.200. The van der Waals surface area contributed by atoms with Gasteiger partial charge in [-0.15, -0.1) is 0 Å². The Kier molecular flexibility index (Phi) is 10.1. The van der Waals surface area contributed by atoms with Crippen LogP contribution in [0.2, 0.25) is 0 Å². The molecule has 0 N–H and O–H groups in total. The number of nitrogens with zero attached hydrogens (tertiary/aromatic N) is 4. The van der Waals surface area contributed by atoms with Crippen molar-refractivity contribution < 1.29 is 9.30 Å². The third-order valence-corrected chi connectivity index (χ3v) is 12.7. The van der Waals surface area contributed by atoms with Gasteiger partial charge in [0.15, 0.2) is 0 Å². The van der Waals surface area contributed by atoms with Crippen LogP contribution < -0.4 is 9.30 Å². The number of para-hydroxylation sites is 2. The van der Waals surface area contributed by atoms with Gasteiger partial charge in [-0.25, -0.2) is 4.98 Å². The van der Waals surface area contributed by atoms with Crippen LogP contribution in [0.25, 0.3) is 72.3 Å². The van der Waals surface area contributed by atoms with Crippen LogP contribution in [0.5, 0.6) is 11.5 Å². The minimum atomic E-state index is -0.0414. The summed E-state index contributed by atoms with van der Waals surface area (Å²) in [6.45, 7) is 20.4. The van der Waals surface area contributed by atoms with E-state index in [2.05, 4.69) is 246 Å². The maximum Gasteiger partial charge on any atom is 0.269 e. The Hall–Kier alpha value is -7.24. The maximum absolute atomic E-state index is 6.80. The van der Waals surface area contributed by atoms with Crippen molar-refractivity contribution in [1.82, 2.24) is 14.1 Å². The van der Waals surface area contributed by atoms with Crippen LogP contribution in [0, 0.1) is 6.33 Å². The van der Waals surface area contributed by atoms with Crippen molar-refractivity contribution in [1.29, 1.82) is 0 Å². The Bertz CT molecular complexity index is 3370. The number of pyridine rings is 1. The van der Waals surface area contributed by atoms with E-state index in [9.17, 15) is 0 Å². The number of hydrogen-bond donors (Lipinski definition) is 0. The lowest BCUT2D eigenvalue weighted by Gasteiger charge is -2.26. The van der Waals surface area contributed by atoms with E-state index < -0.39 is 0 Å². The molecular formula is C60H56N4O. The normalized spacial score (nSPS) is 12.4. The second-order valence-electron chi connectivity index (χ2n) is 20.5. The molecule has 0 amide bonds. The lowest BCUT2D eigenvalue weighted by Crippen LogP contribution is -2.31. The van der Waals surface area contributed by atoms with E-state index in [0.29, 0.717) is 0 Å². The Balaban J connectivity index is 1.06. The first-order chi connectivity index (χ1) is 31.1. The van der Waals surface area contributed by atoms with Crippen LogP contribution >= 0.6 is 0 Å².